The van der Waals surface area contributed by atoms with Crippen LogP contribution in [-0.2, 0) is 32.6 Å². The first kappa shape index (κ1) is 32.8. The molecule has 0 spiro atoms. The maximum Gasteiger partial charge on any atom is 0.264 e. The summed E-state index contributed by atoms with van der Waals surface area (Å²) in [6.07, 6.45) is 4.19. The zero-order valence-electron chi connectivity index (χ0n) is 26.3. The van der Waals surface area contributed by atoms with E-state index in [0.29, 0.717) is 11.4 Å². The van der Waals surface area contributed by atoms with Crippen molar-refractivity contribution in [3.8, 4) is 5.75 Å². The summed E-state index contributed by atoms with van der Waals surface area (Å²) in [6.45, 7) is 1.62. The van der Waals surface area contributed by atoms with Gasteiger partial charge in [0.15, 0.2) is 0 Å². The molecule has 4 aromatic rings. The maximum absolute atomic E-state index is 14.6. The normalized spacial score (nSPS) is 14.0. The number of hydrogen-bond acceptors (Lipinski definition) is 5. The largest absolute Gasteiger partial charge is 0.497 e. The summed E-state index contributed by atoms with van der Waals surface area (Å²) in [5, 5.41) is 3.21. The number of hydrogen-bond donors (Lipinski definition) is 1. The summed E-state index contributed by atoms with van der Waals surface area (Å²) in [7, 11) is -2.67. The molecule has 240 valence electrons. The first-order valence-electron chi connectivity index (χ1n) is 15.7. The molecule has 1 N–H and O–H groups in total. The Morgan fingerprint density at radius 1 is 0.848 bits per heavy atom. The van der Waals surface area contributed by atoms with Crippen molar-refractivity contribution in [2.75, 3.05) is 18.0 Å². The van der Waals surface area contributed by atoms with E-state index < -0.39 is 28.5 Å². The monoisotopic (exact) mass is 639 g/mol. The van der Waals surface area contributed by atoms with Gasteiger partial charge in [-0.25, -0.2) is 8.42 Å². The van der Waals surface area contributed by atoms with E-state index >= 15 is 0 Å². The molecule has 1 aliphatic carbocycles. The highest BCUT2D eigenvalue weighted by molar-refractivity contribution is 7.92. The van der Waals surface area contributed by atoms with Crippen LogP contribution in [0.3, 0.4) is 0 Å². The van der Waals surface area contributed by atoms with Crippen molar-refractivity contribution in [2.45, 2.75) is 62.6 Å². The highest BCUT2D eigenvalue weighted by Crippen LogP contribution is 2.27. The van der Waals surface area contributed by atoms with Crippen molar-refractivity contribution >= 4 is 27.5 Å². The van der Waals surface area contributed by atoms with Gasteiger partial charge < -0.3 is 15.0 Å². The molecule has 1 aliphatic rings. The van der Waals surface area contributed by atoms with Crippen LogP contribution in [0.2, 0.25) is 0 Å². The maximum atomic E-state index is 14.6. The fourth-order valence-corrected chi connectivity index (χ4v) is 7.30. The Bertz CT molecular complexity index is 1710. The van der Waals surface area contributed by atoms with E-state index in [1.165, 1.54) is 19.2 Å². The van der Waals surface area contributed by atoms with Crippen LogP contribution in [0.15, 0.2) is 114 Å². The Morgan fingerprint density at radius 3 is 2.09 bits per heavy atom. The molecule has 0 heterocycles. The second-order valence-corrected chi connectivity index (χ2v) is 13.5. The molecule has 1 atom stereocenters. The Balaban J connectivity index is 1.55. The third-order valence-electron chi connectivity index (χ3n) is 8.55. The van der Waals surface area contributed by atoms with E-state index in [1.807, 2.05) is 61.5 Å². The van der Waals surface area contributed by atoms with E-state index in [-0.39, 0.29) is 29.8 Å². The van der Waals surface area contributed by atoms with E-state index in [9.17, 15) is 18.0 Å². The number of para-hydroxylation sites is 1. The lowest BCUT2D eigenvalue weighted by molar-refractivity contribution is -0.140. The Labute approximate surface area is 272 Å². The van der Waals surface area contributed by atoms with Crippen molar-refractivity contribution in [3.05, 3.63) is 126 Å². The van der Waals surface area contributed by atoms with Crippen LogP contribution in [-0.4, -0.2) is 50.9 Å². The van der Waals surface area contributed by atoms with Crippen molar-refractivity contribution in [2.24, 2.45) is 0 Å². The van der Waals surface area contributed by atoms with Gasteiger partial charge in [0.25, 0.3) is 10.0 Å². The molecule has 0 saturated heterocycles. The number of rotatable bonds is 13. The molecule has 5 rings (SSSR count). The lowest BCUT2D eigenvalue weighted by atomic mass is 10.0. The molecule has 46 heavy (non-hydrogen) atoms. The molecule has 0 aliphatic heterocycles. The summed E-state index contributed by atoms with van der Waals surface area (Å²) in [5.74, 6) is -0.198. The first-order valence-corrected chi connectivity index (χ1v) is 17.1. The lowest BCUT2D eigenvalue weighted by Crippen LogP contribution is -2.54. The predicted octanol–water partition coefficient (Wildman–Crippen LogP) is 5.90. The molecular formula is C37H41N3O5S. The zero-order valence-corrected chi connectivity index (χ0v) is 27.2. The van der Waals surface area contributed by atoms with Gasteiger partial charge in [-0.2, -0.15) is 0 Å². The van der Waals surface area contributed by atoms with Crippen LogP contribution >= 0.6 is 0 Å². The van der Waals surface area contributed by atoms with Crippen molar-refractivity contribution in [1.82, 2.24) is 10.2 Å². The number of sulfonamides is 1. The summed E-state index contributed by atoms with van der Waals surface area (Å²) >= 11 is 0. The number of nitrogens with zero attached hydrogens (tertiary/aromatic N) is 2. The van der Waals surface area contributed by atoms with Gasteiger partial charge in [0.05, 0.1) is 17.7 Å². The number of benzene rings is 4. The third-order valence-corrected chi connectivity index (χ3v) is 10.3. The summed E-state index contributed by atoms with van der Waals surface area (Å²) in [4.78, 5) is 30.3. The summed E-state index contributed by atoms with van der Waals surface area (Å²) in [6, 6.07) is 31.2. The minimum absolute atomic E-state index is 0.0234. The van der Waals surface area contributed by atoms with Crippen LogP contribution in [0.4, 0.5) is 5.69 Å². The minimum atomic E-state index is -4.18. The molecule has 4 aromatic carbocycles. The number of methoxy groups -OCH3 is 1. The average molecular weight is 640 g/mol. The summed E-state index contributed by atoms with van der Waals surface area (Å²) in [5.41, 5.74) is 3.10. The zero-order chi connectivity index (χ0) is 32.5. The highest BCUT2D eigenvalue weighted by Gasteiger charge is 2.35. The van der Waals surface area contributed by atoms with Crippen LogP contribution in [0.5, 0.6) is 5.75 Å². The van der Waals surface area contributed by atoms with E-state index in [0.717, 1.165) is 46.7 Å². The van der Waals surface area contributed by atoms with Crippen molar-refractivity contribution in [3.63, 3.8) is 0 Å². The second kappa shape index (κ2) is 15.1. The summed E-state index contributed by atoms with van der Waals surface area (Å²) < 4.78 is 34.7. The predicted molar refractivity (Wildman–Crippen MR) is 180 cm³/mol. The number of nitrogens with one attached hydrogen (secondary N) is 1. The van der Waals surface area contributed by atoms with Crippen LogP contribution in [0.25, 0.3) is 0 Å². The van der Waals surface area contributed by atoms with E-state index in [4.69, 9.17) is 4.74 Å². The number of amides is 2. The molecule has 8 nitrogen and oxygen atoms in total. The SMILES string of the molecule is COc1ccc(S(=O)(=O)N(CC(=O)N(Cc2ccccc2C)[C@H](Cc2ccccc2)C(=O)NC2CCCC2)c2ccccc2)cc1. The van der Waals surface area contributed by atoms with Crippen LogP contribution in [0.1, 0.15) is 42.4 Å². The van der Waals surface area contributed by atoms with Gasteiger partial charge >= 0.3 is 0 Å². The fraction of sp³-hybridized carbons (Fsp3) is 0.297. The molecule has 9 heteroatoms. The lowest BCUT2D eigenvalue weighted by Gasteiger charge is -2.34. The number of ether oxygens (including phenoxy) is 1. The van der Waals surface area contributed by atoms with Gasteiger partial charge in [-0.05, 0) is 72.9 Å². The van der Waals surface area contributed by atoms with Crippen LogP contribution in [0, 0.1) is 6.92 Å². The number of aryl methyl sites for hydroxylation is 1. The fourth-order valence-electron chi connectivity index (χ4n) is 5.89. The average Bonchev–Trinajstić information content (AvgIpc) is 3.59. The van der Waals surface area contributed by atoms with E-state index in [1.54, 1.807) is 47.4 Å². The number of anilines is 1. The number of carbonyl (C=O) groups is 2. The highest BCUT2D eigenvalue weighted by atomic mass is 32.2. The Hall–Kier alpha value is -4.63. The first-order chi connectivity index (χ1) is 22.3. The molecule has 0 bridgehead atoms. The standard InChI is InChI=1S/C37H41N3O5S/c1-28-13-9-10-16-30(28)26-39(35(25-29-14-5-3-6-15-29)37(42)38-31-17-11-12-18-31)36(41)27-40(32-19-7-4-8-20-32)46(43,44)34-23-21-33(45-2)22-24-34/h3-10,13-16,19-24,31,35H,11-12,17-18,25-27H2,1-2H3,(H,38,42)/t35-/m1/s1. The molecule has 2 amide bonds. The molecule has 1 saturated carbocycles. The van der Waals surface area contributed by atoms with Gasteiger partial charge in [-0.3, -0.25) is 13.9 Å². The van der Waals surface area contributed by atoms with Crippen molar-refractivity contribution in [1.29, 1.82) is 0 Å². The minimum Gasteiger partial charge on any atom is -0.497 e. The third kappa shape index (κ3) is 7.95. The number of carbonyl (C=O) groups excluding carboxylic acids is 2. The van der Waals surface area contributed by atoms with Gasteiger partial charge in [0, 0.05) is 19.0 Å². The molecule has 0 radical (unpaired) electrons. The molecule has 0 aromatic heterocycles. The van der Waals surface area contributed by atoms with Gasteiger partial charge in [0.2, 0.25) is 11.8 Å². The van der Waals surface area contributed by atoms with Crippen molar-refractivity contribution < 1.29 is 22.7 Å². The topological polar surface area (TPSA) is 96.0 Å². The van der Waals surface area contributed by atoms with Gasteiger partial charge in [-0.1, -0.05) is 85.6 Å². The second-order valence-electron chi connectivity index (χ2n) is 11.7. The quantitative estimate of drug-likeness (QED) is 0.197. The van der Waals surface area contributed by atoms with Crippen LogP contribution < -0.4 is 14.4 Å². The molecule has 0 unspecified atom stereocenters. The Morgan fingerprint density at radius 2 is 1.46 bits per heavy atom. The smallest absolute Gasteiger partial charge is 0.264 e. The molecular weight excluding hydrogens is 598 g/mol. The van der Waals surface area contributed by atoms with Gasteiger partial charge in [0.1, 0.15) is 18.3 Å². The Kier molecular flexibility index (Phi) is 10.8. The van der Waals surface area contributed by atoms with E-state index in [2.05, 4.69) is 5.32 Å². The molecule has 1 fully saturated rings. The van der Waals surface area contributed by atoms with Gasteiger partial charge in [-0.15, -0.1) is 0 Å².